The molecule has 0 aromatic rings. The smallest absolute Gasteiger partial charge is 0.125 e. The summed E-state index contributed by atoms with van der Waals surface area (Å²) < 4.78 is 5.38. The number of hydrogen-bond acceptors (Lipinski definition) is 3. The van der Waals surface area contributed by atoms with Gasteiger partial charge in [-0.05, 0) is 13.3 Å². The molecule has 3 heteroatoms. The normalized spacial score (nSPS) is 38.3. The van der Waals surface area contributed by atoms with Crippen LogP contribution in [0.3, 0.4) is 0 Å². The Balaban J connectivity index is 2.06. The van der Waals surface area contributed by atoms with Crippen molar-refractivity contribution in [3.63, 3.8) is 0 Å². The Morgan fingerprint density at radius 1 is 1.60 bits per heavy atom. The first-order valence-corrected chi connectivity index (χ1v) is 3.66. The first-order chi connectivity index (χ1) is 4.86. The molecule has 0 aromatic carbocycles. The molecule has 56 valence electrons. The van der Waals surface area contributed by atoms with E-state index in [1.807, 2.05) is 0 Å². The summed E-state index contributed by atoms with van der Waals surface area (Å²) in [4.78, 5) is 4.95. The van der Waals surface area contributed by atoms with E-state index in [-0.39, 0.29) is 0 Å². The first kappa shape index (κ1) is 6.16. The Morgan fingerprint density at radius 3 is 3.40 bits per heavy atom. The maximum Gasteiger partial charge on any atom is 0.125 e. The maximum atomic E-state index is 5.38. The largest absolute Gasteiger partial charge is 0.395 e. The third-order valence-electron chi connectivity index (χ3n) is 2.06. The van der Waals surface area contributed by atoms with Crippen LogP contribution in [0.1, 0.15) is 13.3 Å². The minimum atomic E-state index is 0.380. The molecule has 0 aliphatic carbocycles. The van der Waals surface area contributed by atoms with Crippen LogP contribution in [0.2, 0.25) is 0 Å². The molecule has 0 aromatic heterocycles. The number of hydrogen-bond donors (Lipinski definition) is 0. The second-order valence-electron chi connectivity index (χ2n) is 2.93. The Morgan fingerprint density at radius 2 is 2.50 bits per heavy atom. The number of nitrogens with zero attached hydrogens (tertiary/aromatic N) is 1. The molecular weight excluding hydrogens is 130 g/mol. The van der Waals surface area contributed by atoms with Crippen molar-refractivity contribution in [1.29, 1.82) is 0 Å². The molecular formula is C7H11NO2. The van der Waals surface area contributed by atoms with Crippen LogP contribution < -0.4 is 0 Å². The quantitative estimate of drug-likeness (QED) is 0.499. The lowest BCUT2D eigenvalue weighted by molar-refractivity contribution is 0.0572. The lowest BCUT2D eigenvalue weighted by Gasteiger charge is -2.22. The highest BCUT2D eigenvalue weighted by Crippen LogP contribution is 2.22. The summed E-state index contributed by atoms with van der Waals surface area (Å²) in [6.07, 6.45) is 1.45. The van der Waals surface area contributed by atoms with Crippen molar-refractivity contribution in [3.8, 4) is 0 Å². The molecule has 10 heavy (non-hydrogen) atoms. The Labute approximate surface area is 60.0 Å². The molecule has 0 radical (unpaired) electrons. The summed E-state index contributed by atoms with van der Waals surface area (Å²) in [6.45, 7) is 3.53. The second kappa shape index (κ2) is 2.23. The van der Waals surface area contributed by atoms with Gasteiger partial charge in [0.05, 0.1) is 18.4 Å². The van der Waals surface area contributed by atoms with Crippen molar-refractivity contribution in [2.75, 3.05) is 13.2 Å². The molecule has 3 nitrogen and oxygen atoms in total. The van der Waals surface area contributed by atoms with Gasteiger partial charge in [0.25, 0.3) is 0 Å². The molecule has 2 aliphatic rings. The Hall–Kier alpha value is -0.570. The summed E-state index contributed by atoms with van der Waals surface area (Å²) in [5.74, 6) is 0.545. The van der Waals surface area contributed by atoms with Gasteiger partial charge in [0.2, 0.25) is 0 Å². The van der Waals surface area contributed by atoms with Gasteiger partial charge in [-0.3, -0.25) is 0 Å². The second-order valence-corrected chi connectivity index (χ2v) is 2.93. The topological polar surface area (TPSA) is 30.8 Å². The average molecular weight is 141 g/mol. The summed E-state index contributed by atoms with van der Waals surface area (Å²) in [5, 5.41) is 3.88. The minimum absolute atomic E-state index is 0.380. The van der Waals surface area contributed by atoms with Crippen LogP contribution in [-0.2, 0) is 9.57 Å². The number of ether oxygens (including phenoxy) is 1. The predicted octanol–water partition coefficient (Wildman–Crippen LogP) is 0.798. The van der Waals surface area contributed by atoms with Gasteiger partial charge in [0, 0.05) is 5.92 Å². The molecule has 2 atom stereocenters. The van der Waals surface area contributed by atoms with Crippen LogP contribution in [0.25, 0.3) is 0 Å². The summed E-state index contributed by atoms with van der Waals surface area (Å²) >= 11 is 0. The third-order valence-corrected chi connectivity index (χ3v) is 2.06. The van der Waals surface area contributed by atoms with E-state index in [0.29, 0.717) is 18.6 Å². The van der Waals surface area contributed by atoms with Crippen molar-refractivity contribution in [1.82, 2.24) is 0 Å². The zero-order valence-corrected chi connectivity index (χ0v) is 6.04. The van der Waals surface area contributed by atoms with Crippen molar-refractivity contribution in [2.45, 2.75) is 19.4 Å². The molecule has 0 amide bonds. The van der Waals surface area contributed by atoms with Gasteiger partial charge < -0.3 is 9.57 Å². The molecule has 1 fully saturated rings. The van der Waals surface area contributed by atoms with Crippen LogP contribution >= 0.6 is 0 Å². The van der Waals surface area contributed by atoms with Gasteiger partial charge in [-0.15, -0.1) is 0 Å². The number of fused-ring (bicyclic) bond motifs is 1. The van der Waals surface area contributed by atoms with E-state index < -0.39 is 0 Å². The zero-order valence-electron chi connectivity index (χ0n) is 6.04. The monoisotopic (exact) mass is 141 g/mol. The highest BCUT2D eigenvalue weighted by Gasteiger charge is 2.29. The van der Waals surface area contributed by atoms with Gasteiger partial charge in [0.1, 0.15) is 6.61 Å². The van der Waals surface area contributed by atoms with E-state index in [9.17, 15) is 0 Å². The number of rotatable bonds is 0. The number of oxime groups is 1. The van der Waals surface area contributed by atoms with E-state index >= 15 is 0 Å². The molecule has 2 heterocycles. The molecule has 0 saturated carbocycles. The van der Waals surface area contributed by atoms with E-state index in [1.54, 1.807) is 0 Å². The van der Waals surface area contributed by atoms with E-state index in [1.165, 1.54) is 0 Å². The highest BCUT2D eigenvalue weighted by molar-refractivity contribution is 5.89. The van der Waals surface area contributed by atoms with Crippen molar-refractivity contribution < 1.29 is 9.57 Å². The first-order valence-electron chi connectivity index (χ1n) is 3.66. The van der Waals surface area contributed by atoms with Gasteiger partial charge >= 0.3 is 0 Å². The summed E-state index contributed by atoms with van der Waals surface area (Å²) in [5.41, 5.74) is 1.10. The summed E-state index contributed by atoms with van der Waals surface area (Å²) in [6, 6.07) is 0. The van der Waals surface area contributed by atoms with E-state index in [4.69, 9.17) is 9.57 Å². The molecule has 0 unspecified atom stereocenters. The van der Waals surface area contributed by atoms with Gasteiger partial charge in [-0.2, -0.15) is 0 Å². The average Bonchev–Trinajstić information content (AvgIpc) is 2.33. The maximum absolute atomic E-state index is 5.38. The van der Waals surface area contributed by atoms with Crippen molar-refractivity contribution in [3.05, 3.63) is 0 Å². The van der Waals surface area contributed by atoms with Crippen molar-refractivity contribution >= 4 is 5.71 Å². The van der Waals surface area contributed by atoms with Gasteiger partial charge in [0.15, 0.2) is 0 Å². The van der Waals surface area contributed by atoms with E-state index in [0.717, 1.165) is 18.7 Å². The zero-order chi connectivity index (χ0) is 6.97. The van der Waals surface area contributed by atoms with Crippen LogP contribution in [0.5, 0.6) is 0 Å². The molecule has 0 N–H and O–H groups in total. The molecule has 2 rings (SSSR count). The fourth-order valence-electron chi connectivity index (χ4n) is 1.43. The highest BCUT2D eigenvalue weighted by atomic mass is 16.6. The predicted molar refractivity (Wildman–Crippen MR) is 36.9 cm³/mol. The minimum Gasteiger partial charge on any atom is -0.395 e. The van der Waals surface area contributed by atoms with Crippen molar-refractivity contribution in [2.24, 2.45) is 11.1 Å². The standard InChI is InChI=1S/C7H11NO2/c1-5-2-6-3-10-8-7(6)4-9-5/h5-6H,2-4H2,1H3/t5-,6+/m1/s1. The SMILES string of the molecule is C[C@@H]1C[C@H]2CON=C2CO1. The third kappa shape index (κ3) is 0.904. The van der Waals surface area contributed by atoms with E-state index in [2.05, 4.69) is 12.1 Å². The van der Waals surface area contributed by atoms with Crippen LogP contribution in [0.4, 0.5) is 0 Å². The summed E-state index contributed by atoms with van der Waals surface area (Å²) in [7, 11) is 0. The molecule has 1 saturated heterocycles. The van der Waals surface area contributed by atoms with Crippen LogP contribution in [0.15, 0.2) is 5.16 Å². The van der Waals surface area contributed by atoms with Crippen LogP contribution in [0, 0.1) is 5.92 Å². The van der Waals surface area contributed by atoms with Gasteiger partial charge in [-0.25, -0.2) is 0 Å². The molecule has 2 aliphatic heterocycles. The lowest BCUT2D eigenvalue weighted by atomic mass is 9.96. The van der Waals surface area contributed by atoms with Crippen LogP contribution in [-0.4, -0.2) is 25.0 Å². The fourth-order valence-corrected chi connectivity index (χ4v) is 1.43. The lowest BCUT2D eigenvalue weighted by Crippen LogP contribution is -2.31. The Kier molecular flexibility index (Phi) is 1.38. The Bertz CT molecular complexity index is 167. The molecule has 0 bridgehead atoms. The fraction of sp³-hybridized carbons (Fsp3) is 0.857. The molecule has 0 spiro atoms. The van der Waals surface area contributed by atoms with Gasteiger partial charge in [-0.1, -0.05) is 5.16 Å².